The van der Waals surface area contributed by atoms with Crippen molar-refractivity contribution in [2.24, 2.45) is 0 Å². The van der Waals surface area contributed by atoms with Crippen molar-refractivity contribution in [3.8, 4) is 0 Å². The molecule has 5 heteroatoms. The third-order valence-corrected chi connectivity index (χ3v) is 3.40. The monoisotopic (exact) mass is 289 g/mol. The van der Waals surface area contributed by atoms with E-state index in [0.29, 0.717) is 15.3 Å². The van der Waals surface area contributed by atoms with E-state index in [4.69, 9.17) is 39.2 Å². The number of nitrogens with one attached hydrogen (secondary N) is 1. The maximum Gasteiger partial charge on any atom is 0.198 e. The molecule has 0 saturated heterocycles. The van der Waals surface area contributed by atoms with Crippen LogP contribution in [0.1, 0.15) is 17.2 Å². The normalized spacial score (nSPS) is 12.7. The molecule has 1 unspecified atom stereocenters. The Balaban J connectivity index is 2.49. The summed E-state index contributed by atoms with van der Waals surface area (Å²) in [5, 5.41) is 4.75. The predicted molar refractivity (Wildman–Crippen MR) is 71.1 cm³/mol. The van der Waals surface area contributed by atoms with Crippen LogP contribution >= 0.6 is 34.8 Å². The molecule has 1 atom stereocenters. The van der Waals surface area contributed by atoms with E-state index in [-0.39, 0.29) is 6.04 Å². The summed E-state index contributed by atoms with van der Waals surface area (Å²) in [5.41, 5.74) is 1.70. The van der Waals surface area contributed by atoms with E-state index >= 15 is 0 Å². The van der Waals surface area contributed by atoms with Crippen LogP contribution in [0.15, 0.2) is 34.9 Å². The molecular weight excluding hydrogens is 280 g/mol. The van der Waals surface area contributed by atoms with Gasteiger partial charge >= 0.3 is 0 Å². The van der Waals surface area contributed by atoms with Gasteiger partial charge in [-0.2, -0.15) is 0 Å². The smallest absolute Gasteiger partial charge is 0.198 e. The second kappa shape index (κ2) is 5.32. The number of hydrogen-bond donors (Lipinski definition) is 1. The fourth-order valence-electron chi connectivity index (χ4n) is 1.72. The molecule has 0 aliphatic carbocycles. The number of benzene rings is 1. The van der Waals surface area contributed by atoms with Gasteiger partial charge in [-0.15, -0.1) is 0 Å². The van der Waals surface area contributed by atoms with Gasteiger partial charge < -0.3 is 9.73 Å². The Kier molecular flexibility index (Phi) is 4.00. The molecule has 0 fully saturated rings. The molecule has 0 amide bonds. The Morgan fingerprint density at radius 1 is 1.12 bits per heavy atom. The topological polar surface area (TPSA) is 25.2 Å². The average Bonchev–Trinajstić information content (AvgIpc) is 2.71. The summed E-state index contributed by atoms with van der Waals surface area (Å²) in [4.78, 5) is 0. The van der Waals surface area contributed by atoms with Gasteiger partial charge in [0.2, 0.25) is 0 Å². The van der Waals surface area contributed by atoms with Gasteiger partial charge in [0.05, 0.1) is 12.3 Å². The molecule has 2 aromatic rings. The summed E-state index contributed by atoms with van der Waals surface area (Å²) in [6, 6.07) is 6.98. The second-order valence-electron chi connectivity index (χ2n) is 3.54. The molecular formula is C12H10Cl3NO. The fraction of sp³-hybridized carbons (Fsp3) is 0.167. The van der Waals surface area contributed by atoms with E-state index in [2.05, 4.69) is 5.32 Å². The highest BCUT2D eigenvalue weighted by Crippen LogP contribution is 2.34. The summed E-state index contributed by atoms with van der Waals surface area (Å²) < 4.78 is 5.09. The minimum atomic E-state index is -0.146. The van der Waals surface area contributed by atoms with Gasteiger partial charge in [-0.3, -0.25) is 0 Å². The van der Waals surface area contributed by atoms with Gasteiger partial charge in [0.15, 0.2) is 5.22 Å². The molecule has 0 aliphatic heterocycles. The first kappa shape index (κ1) is 12.8. The van der Waals surface area contributed by atoms with Gasteiger partial charge in [-0.1, -0.05) is 23.2 Å². The van der Waals surface area contributed by atoms with E-state index < -0.39 is 0 Å². The zero-order chi connectivity index (χ0) is 12.4. The van der Waals surface area contributed by atoms with Crippen LogP contribution in [-0.4, -0.2) is 7.05 Å². The van der Waals surface area contributed by atoms with Crippen LogP contribution in [0.5, 0.6) is 0 Å². The molecule has 0 bridgehead atoms. The lowest BCUT2D eigenvalue weighted by Gasteiger charge is -2.17. The molecule has 1 aromatic carbocycles. The summed E-state index contributed by atoms with van der Waals surface area (Å²) >= 11 is 18.1. The summed E-state index contributed by atoms with van der Waals surface area (Å²) in [7, 11) is 1.82. The zero-order valence-electron chi connectivity index (χ0n) is 9.01. The molecule has 2 nitrogen and oxygen atoms in total. The largest absolute Gasteiger partial charge is 0.453 e. The van der Waals surface area contributed by atoms with Gasteiger partial charge in [0, 0.05) is 15.6 Å². The molecule has 0 saturated carbocycles. The van der Waals surface area contributed by atoms with Crippen LogP contribution in [0.4, 0.5) is 0 Å². The second-order valence-corrected chi connectivity index (χ2v) is 4.72. The lowest BCUT2D eigenvalue weighted by Crippen LogP contribution is -2.17. The van der Waals surface area contributed by atoms with E-state index in [1.165, 1.54) is 0 Å². The molecule has 0 spiro atoms. The Bertz CT molecular complexity index is 524. The van der Waals surface area contributed by atoms with Gasteiger partial charge in [0.25, 0.3) is 0 Å². The number of hydrogen-bond acceptors (Lipinski definition) is 2. The molecule has 1 aromatic heterocycles. The third-order valence-electron chi connectivity index (χ3n) is 2.51. The quantitative estimate of drug-likeness (QED) is 0.897. The third kappa shape index (κ3) is 2.61. The maximum atomic E-state index is 6.17. The molecule has 17 heavy (non-hydrogen) atoms. The minimum absolute atomic E-state index is 0.146. The van der Waals surface area contributed by atoms with E-state index in [1.54, 1.807) is 24.5 Å². The van der Waals surface area contributed by atoms with E-state index in [0.717, 1.165) is 11.1 Å². The van der Waals surface area contributed by atoms with E-state index in [1.807, 2.05) is 13.1 Å². The van der Waals surface area contributed by atoms with Crippen molar-refractivity contribution in [3.05, 3.63) is 56.9 Å². The maximum absolute atomic E-state index is 6.17. The first-order valence-corrected chi connectivity index (χ1v) is 6.12. The molecule has 0 radical (unpaired) electrons. The predicted octanol–water partition coefficient (Wildman–Crippen LogP) is 4.55. The van der Waals surface area contributed by atoms with Gasteiger partial charge in [-0.25, -0.2) is 0 Å². The fourth-order valence-corrected chi connectivity index (χ4v) is 2.36. The standard InChI is InChI=1S/C12H10Cl3NO/c1-16-11(8-4-5-17-12(8)15)9-6-7(13)2-3-10(9)14/h2-6,11,16H,1H3. The molecule has 1 heterocycles. The zero-order valence-corrected chi connectivity index (χ0v) is 11.3. The Morgan fingerprint density at radius 2 is 1.88 bits per heavy atom. The van der Waals surface area contributed by atoms with E-state index in [9.17, 15) is 0 Å². The van der Waals surface area contributed by atoms with Crippen molar-refractivity contribution in [1.82, 2.24) is 5.32 Å². The Morgan fingerprint density at radius 3 is 2.47 bits per heavy atom. The highest BCUT2D eigenvalue weighted by molar-refractivity contribution is 6.33. The molecule has 2 rings (SSSR count). The van der Waals surface area contributed by atoms with Crippen molar-refractivity contribution >= 4 is 34.8 Å². The number of rotatable bonds is 3. The van der Waals surface area contributed by atoms with Crippen LogP contribution < -0.4 is 5.32 Å². The van der Waals surface area contributed by atoms with Crippen LogP contribution in [0, 0.1) is 0 Å². The van der Waals surface area contributed by atoms with Crippen molar-refractivity contribution < 1.29 is 4.42 Å². The summed E-state index contributed by atoms with van der Waals surface area (Å²) in [6.45, 7) is 0. The summed E-state index contributed by atoms with van der Waals surface area (Å²) in [6.07, 6.45) is 1.54. The number of halogens is 3. The average molecular weight is 291 g/mol. The Hall–Kier alpha value is -0.670. The van der Waals surface area contributed by atoms with Crippen LogP contribution in [0.25, 0.3) is 0 Å². The SMILES string of the molecule is CNC(c1cc(Cl)ccc1Cl)c1ccoc1Cl. The van der Waals surface area contributed by atoms with Crippen LogP contribution in [0.3, 0.4) is 0 Å². The van der Waals surface area contributed by atoms with Crippen LogP contribution in [-0.2, 0) is 0 Å². The highest BCUT2D eigenvalue weighted by atomic mass is 35.5. The van der Waals surface area contributed by atoms with Gasteiger partial charge in [0.1, 0.15) is 0 Å². The van der Waals surface area contributed by atoms with Gasteiger partial charge in [-0.05, 0) is 48.5 Å². The molecule has 90 valence electrons. The molecule has 1 N–H and O–H groups in total. The first-order chi connectivity index (χ1) is 8.13. The van der Waals surface area contributed by atoms with Crippen molar-refractivity contribution in [2.75, 3.05) is 7.05 Å². The summed E-state index contributed by atoms with van der Waals surface area (Å²) in [5.74, 6) is 0. The highest BCUT2D eigenvalue weighted by Gasteiger charge is 2.19. The Labute approximate surface area is 114 Å². The first-order valence-electron chi connectivity index (χ1n) is 4.98. The lowest BCUT2D eigenvalue weighted by atomic mass is 10.0. The van der Waals surface area contributed by atoms with Crippen molar-refractivity contribution in [1.29, 1.82) is 0 Å². The lowest BCUT2D eigenvalue weighted by molar-refractivity contribution is 0.559. The number of furan rings is 1. The van der Waals surface area contributed by atoms with Crippen molar-refractivity contribution in [2.45, 2.75) is 6.04 Å². The minimum Gasteiger partial charge on any atom is -0.453 e. The molecule has 0 aliphatic rings. The van der Waals surface area contributed by atoms with Crippen LogP contribution in [0.2, 0.25) is 15.3 Å². The van der Waals surface area contributed by atoms with Crippen molar-refractivity contribution in [3.63, 3.8) is 0 Å².